The number of methoxy groups -OCH3 is 2. The van der Waals surface area contributed by atoms with Gasteiger partial charge in [-0.15, -0.1) is 0 Å². The van der Waals surface area contributed by atoms with E-state index >= 15 is 0 Å². The summed E-state index contributed by atoms with van der Waals surface area (Å²) in [7, 11) is 2.92. The maximum Gasteiger partial charge on any atom is 0.335 e. The Kier molecular flexibility index (Phi) is 5.31. The molecule has 2 aliphatic heterocycles. The molecule has 2 heterocycles. The van der Waals surface area contributed by atoms with Crippen molar-refractivity contribution in [3.05, 3.63) is 53.6 Å². The van der Waals surface area contributed by atoms with E-state index in [1.807, 2.05) is 0 Å². The van der Waals surface area contributed by atoms with Crippen LogP contribution in [0.15, 0.2) is 42.5 Å². The second-order valence-corrected chi connectivity index (χ2v) is 7.49. The van der Waals surface area contributed by atoms with Crippen molar-refractivity contribution in [2.75, 3.05) is 19.1 Å². The molecule has 2 amide bonds. The summed E-state index contributed by atoms with van der Waals surface area (Å²) >= 11 is 0. The third-order valence-electron chi connectivity index (χ3n) is 5.87. The third kappa shape index (κ3) is 3.25. The fourth-order valence-electron chi connectivity index (χ4n) is 4.43. The number of fused-ring (bicyclic) bond motifs is 1. The predicted octanol–water partition coefficient (Wildman–Crippen LogP) is 1.31. The predicted molar refractivity (Wildman–Crippen MR) is 110 cm³/mol. The first-order chi connectivity index (χ1) is 15.3. The van der Waals surface area contributed by atoms with Crippen LogP contribution in [-0.4, -0.2) is 54.2 Å². The molecule has 166 valence electrons. The van der Waals surface area contributed by atoms with Gasteiger partial charge < -0.3 is 19.7 Å². The molecule has 3 N–H and O–H groups in total. The first-order valence-electron chi connectivity index (χ1n) is 9.70. The van der Waals surface area contributed by atoms with Crippen LogP contribution in [0.5, 0.6) is 11.5 Å². The molecule has 4 unspecified atom stereocenters. The number of anilines is 1. The number of carboxylic acids is 2. The van der Waals surface area contributed by atoms with Crippen molar-refractivity contribution in [2.45, 2.75) is 12.1 Å². The molecule has 2 saturated heterocycles. The van der Waals surface area contributed by atoms with Gasteiger partial charge in [-0.05, 0) is 24.3 Å². The van der Waals surface area contributed by atoms with Gasteiger partial charge in [0, 0.05) is 17.7 Å². The minimum absolute atomic E-state index is 0.0823. The second kappa shape index (κ2) is 7.97. The van der Waals surface area contributed by atoms with Gasteiger partial charge in [0.25, 0.3) is 0 Å². The smallest absolute Gasteiger partial charge is 0.335 e. The average molecular weight is 440 g/mol. The number of amides is 2. The molecule has 4 rings (SSSR count). The molecular weight excluding hydrogens is 420 g/mol. The number of carboxylic acid groups (broad SMARTS) is 2. The molecule has 0 aromatic heterocycles. The van der Waals surface area contributed by atoms with Crippen LogP contribution in [0, 0.1) is 11.8 Å². The Bertz CT molecular complexity index is 1130. The monoisotopic (exact) mass is 440 g/mol. The quantitative estimate of drug-likeness (QED) is 0.567. The fourth-order valence-corrected chi connectivity index (χ4v) is 4.43. The zero-order valence-electron chi connectivity index (χ0n) is 17.1. The number of rotatable bonds is 6. The Hall–Kier alpha value is -3.92. The molecule has 2 aromatic rings. The largest absolute Gasteiger partial charge is 0.497 e. The van der Waals surface area contributed by atoms with E-state index in [2.05, 4.69) is 5.32 Å². The number of hydrogen-bond acceptors (Lipinski definition) is 7. The average Bonchev–Trinajstić information content (AvgIpc) is 3.30. The van der Waals surface area contributed by atoms with Crippen molar-refractivity contribution in [2.24, 2.45) is 11.8 Å². The molecule has 32 heavy (non-hydrogen) atoms. The van der Waals surface area contributed by atoms with Gasteiger partial charge in [-0.2, -0.15) is 0 Å². The van der Waals surface area contributed by atoms with Crippen molar-refractivity contribution in [1.82, 2.24) is 5.32 Å². The summed E-state index contributed by atoms with van der Waals surface area (Å²) in [5, 5.41) is 21.9. The van der Waals surface area contributed by atoms with E-state index in [-0.39, 0.29) is 11.3 Å². The maximum absolute atomic E-state index is 13.4. The number of hydrogen-bond donors (Lipinski definition) is 3. The topological polar surface area (TPSA) is 142 Å². The molecule has 4 atom stereocenters. The number of carbonyl (C=O) groups is 4. The van der Waals surface area contributed by atoms with Crippen LogP contribution in [0.25, 0.3) is 0 Å². The van der Waals surface area contributed by atoms with Crippen LogP contribution in [0.2, 0.25) is 0 Å². The number of benzene rings is 2. The lowest BCUT2D eigenvalue weighted by atomic mass is 9.86. The van der Waals surface area contributed by atoms with Gasteiger partial charge in [-0.1, -0.05) is 12.1 Å². The summed E-state index contributed by atoms with van der Waals surface area (Å²) in [6.07, 6.45) is 0. The van der Waals surface area contributed by atoms with Gasteiger partial charge in [0.1, 0.15) is 17.5 Å². The molecule has 0 aliphatic carbocycles. The lowest BCUT2D eigenvalue weighted by molar-refractivity contribution is -0.142. The van der Waals surface area contributed by atoms with Gasteiger partial charge in [-0.25, -0.2) is 9.69 Å². The summed E-state index contributed by atoms with van der Waals surface area (Å²) in [4.78, 5) is 50.8. The van der Waals surface area contributed by atoms with Crippen LogP contribution in [0.4, 0.5) is 5.69 Å². The maximum atomic E-state index is 13.4. The Morgan fingerprint density at radius 2 is 1.69 bits per heavy atom. The summed E-state index contributed by atoms with van der Waals surface area (Å²) in [5.74, 6) is -5.08. The van der Waals surface area contributed by atoms with Crippen molar-refractivity contribution in [3.63, 3.8) is 0 Å². The molecule has 0 radical (unpaired) electrons. The Labute approximate surface area is 182 Å². The fraction of sp³-hybridized carbons (Fsp3) is 0.273. The highest BCUT2D eigenvalue weighted by Gasteiger charge is 2.61. The summed E-state index contributed by atoms with van der Waals surface area (Å²) in [6.45, 7) is 0. The molecule has 2 aliphatic rings. The summed E-state index contributed by atoms with van der Waals surface area (Å²) < 4.78 is 10.6. The first-order valence-corrected chi connectivity index (χ1v) is 9.70. The molecule has 2 aromatic carbocycles. The van der Waals surface area contributed by atoms with E-state index in [4.69, 9.17) is 9.47 Å². The lowest BCUT2D eigenvalue weighted by Crippen LogP contribution is -2.43. The normalized spacial score (nSPS) is 24.4. The Morgan fingerprint density at radius 1 is 0.969 bits per heavy atom. The van der Waals surface area contributed by atoms with Crippen molar-refractivity contribution in [3.8, 4) is 11.5 Å². The standard InChI is InChI=1S/C22H20N2O8/c1-31-12-6-7-13(14(9-12)32-2)17-15-16(18(23-17)22(29)30)20(26)24(19(15)25)11-5-3-4-10(8-11)21(27)28/h3-9,15-18,23H,1-2H3,(H,27,28)(H,29,30). The van der Waals surface area contributed by atoms with E-state index in [1.54, 1.807) is 18.2 Å². The Morgan fingerprint density at radius 3 is 2.31 bits per heavy atom. The van der Waals surface area contributed by atoms with Gasteiger partial charge in [0.15, 0.2) is 0 Å². The minimum atomic E-state index is -1.30. The van der Waals surface area contributed by atoms with E-state index in [9.17, 15) is 29.4 Å². The summed E-state index contributed by atoms with van der Waals surface area (Å²) in [6, 6.07) is 8.21. The highest BCUT2D eigenvalue weighted by atomic mass is 16.5. The number of ether oxygens (including phenoxy) is 2. The van der Waals surface area contributed by atoms with E-state index in [0.717, 1.165) is 4.90 Å². The van der Waals surface area contributed by atoms with E-state index in [0.29, 0.717) is 17.1 Å². The zero-order chi connectivity index (χ0) is 23.2. The van der Waals surface area contributed by atoms with Gasteiger partial charge in [0.2, 0.25) is 11.8 Å². The highest BCUT2D eigenvalue weighted by molar-refractivity contribution is 6.24. The third-order valence-corrected chi connectivity index (χ3v) is 5.87. The number of imide groups is 1. The molecule has 10 nitrogen and oxygen atoms in total. The molecule has 10 heteroatoms. The SMILES string of the molecule is COc1ccc(C2NC(C(=O)O)C3C(=O)N(c4cccc(C(=O)O)c4)C(=O)C23)c(OC)c1. The zero-order valence-corrected chi connectivity index (χ0v) is 17.1. The minimum Gasteiger partial charge on any atom is -0.497 e. The van der Waals surface area contributed by atoms with Gasteiger partial charge in [-0.3, -0.25) is 19.7 Å². The van der Waals surface area contributed by atoms with Crippen LogP contribution in [0.1, 0.15) is 22.0 Å². The number of carbonyl (C=O) groups excluding carboxylic acids is 2. The molecular formula is C22H20N2O8. The molecule has 0 bridgehead atoms. The molecule has 0 saturated carbocycles. The van der Waals surface area contributed by atoms with E-state index in [1.165, 1.54) is 38.5 Å². The summed E-state index contributed by atoms with van der Waals surface area (Å²) in [5.41, 5.74) is 0.495. The number of aliphatic carboxylic acids is 1. The van der Waals surface area contributed by atoms with Crippen molar-refractivity contribution in [1.29, 1.82) is 0 Å². The van der Waals surface area contributed by atoms with Crippen molar-refractivity contribution >= 4 is 29.4 Å². The lowest BCUT2D eigenvalue weighted by Gasteiger charge is -2.23. The van der Waals surface area contributed by atoms with Crippen LogP contribution in [0.3, 0.4) is 0 Å². The van der Waals surface area contributed by atoms with Crippen LogP contribution >= 0.6 is 0 Å². The number of nitrogens with zero attached hydrogens (tertiary/aromatic N) is 1. The second-order valence-electron chi connectivity index (χ2n) is 7.49. The molecule has 2 fully saturated rings. The first kappa shape index (κ1) is 21.3. The Balaban J connectivity index is 1.79. The highest BCUT2D eigenvalue weighted by Crippen LogP contribution is 2.47. The van der Waals surface area contributed by atoms with Gasteiger partial charge >= 0.3 is 11.9 Å². The molecule has 0 spiro atoms. The van der Waals surface area contributed by atoms with Crippen molar-refractivity contribution < 1.29 is 38.9 Å². The van der Waals surface area contributed by atoms with Crippen LogP contribution in [-0.2, 0) is 14.4 Å². The number of nitrogens with one attached hydrogen (secondary N) is 1. The number of aromatic carboxylic acids is 1. The van der Waals surface area contributed by atoms with E-state index < -0.39 is 47.7 Å². The van der Waals surface area contributed by atoms with Crippen LogP contribution < -0.4 is 19.7 Å². The van der Waals surface area contributed by atoms with Gasteiger partial charge in [0.05, 0.1) is 37.3 Å².